The van der Waals surface area contributed by atoms with Gasteiger partial charge in [0.25, 0.3) is 0 Å². The summed E-state index contributed by atoms with van der Waals surface area (Å²) in [5.41, 5.74) is 1.56. The first-order valence-electron chi connectivity index (χ1n) is 5.08. The van der Waals surface area contributed by atoms with Gasteiger partial charge < -0.3 is 5.11 Å². The smallest absolute Gasteiger partial charge is 0.122 e. The van der Waals surface area contributed by atoms with E-state index in [0.717, 1.165) is 11.1 Å². The van der Waals surface area contributed by atoms with Crippen molar-refractivity contribution in [3.05, 3.63) is 63.6 Å². The fourth-order valence-corrected chi connectivity index (χ4v) is 1.81. The molecule has 1 nitrogen and oxygen atoms in total. The second-order valence-corrected chi connectivity index (χ2v) is 4.40. The number of benzene rings is 2. The van der Waals surface area contributed by atoms with Crippen molar-refractivity contribution in [2.75, 3.05) is 0 Å². The molecule has 86 valence electrons. The Morgan fingerprint density at radius 2 is 1.59 bits per heavy atom. The van der Waals surface area contributed by atoms with Gasteiger partial charge >= 0.3 is 0 Å². The zero-order valence-corrected chi connectivity index (χ0v) is 10.4. The van der Waals surface area contributed by atoms with Gasteiger partial charge in [-0.2, -0.15) is 0 Å². The highest BCUT2D eigenvalue weighted by Crippen LogP contribution is 2.24. The van der Waals surface area contributed by atoms with Crippen molar-refractivity contribution in [2.45, 2.75) is 0 Å². The highest BCUT2D eigenvalue weighted by atomic mass is 35.5. The van der Waals surface area contributed by atoms with E-state index in [9.17, 15) is 5.11 Å². The molecule has 0 aliphatic heterocycles. The van der Waals surface area contributed by atoms with Crippen molar-refractivity contribution >= 4 is 35.4 Å². The summed E-state index contributed by atoms with van der Waals surface area (Å²) in [5.74, 6) is 0.238. The Balaban J connectivity index is 2.32. The predicted octanol–water partition coefficient (Wildman–Crippen LogP) is 4.87. The minimum absolute atomic E-state index is 0.238. The maximum Gasteiger partial charge on any atom is 0.122 e. The second-order valence-electron chi connectivity index (χ2n) is 3.56. The fraction of sp³-hybridized carbons (Fsp3) is 0. The van der Waals surface area contributed by atoms with Gasteiger partial charge in [0.2, 0.25) is 0 Å². The zero-order valence-electron chi connectivity index (χ0n) is 8.90. The van der Waals surface area contributed by atoms with Crippen molar-refractivity contribution in [2.24, 2.45) is 0 Å². The number of para-hydroxylation sites is 1. The summed E-state index contributed by atoms with van der Waals surface area (Å²) in [6.45, 7) is 0. The molecule has 0 aliphatic carbocycles. The average molecular weight is 265 g/mol. The molecule has 2 rings (SSSR count). The monoisotopic (exact) mass is 264 g/mol. The van der Waals surface area contributed by atoms with Crippen LogP contribution >= 0.6 is 23.2 Å². The molecule has 17 heavy (non-hydrogen) atoms. The van der Waals surface area contributed by atoms with Crippen LogP contribution in [0.4, 0.5) is 0 Å². The minimum atomic E-state index is 0.238. The van der Waals surface area contributed by atoms with Crippen molar-refractivity contribution < 1.29 is 5.11 Å². The van der Waals surface area contributed by atoms with E-state index in [1.165, 1.54) is 0 Å². The summed E-state index contributed by atoms with van der Waals surface area (Å²) in [7, 11) is 0. The van der Waals surface area contributed by atoms with Gasteiger partial charge in [-0.25, -0.2) is 0 Å². The summed E-state index contributed by atoms with van der Waals surface area (Å²) in [6.07, 6.45) is 3.62. The van der Waals surface area contributed by atoms with E-state index in [-0.39, 0.29) is 5.75 Å². The highest BCUT2D eigenvalue weighted by Gasteiger charge is 1.98. The van der Waals surface area contributed by atoms with E-state index in [4.69, 9.17) is 23.2 Å². The van der Waals surface area contributed by atoms with E-state index in [1.54, 1.807) is 36.4 Å². The molecular formula is C14H10Cl2O. The number of rotatable bonds is 2. The summed E-state index contributed by atoms with van der Waals surface area (Å²) in [4.78, 5) is 0. The van der Waals surface area contributed by atoms with Crippen LogP contribution in [0.3, 0.4) is 0 Å². The van der Waals surface area contributed by atoms with Gasteiger partial charge in [0.15, 0.2) is 0 Å². The van der Waals surface area contributed by atoms with Crippen molar-refractivity contribution in [3.63, 3.8) is 0 Å². The van der Waals surface area contributed by atoms with Gasteiger partial charge in [0, 0.05) is 15.6 Å². The molecule has 0 unspecified atom stereocenters. The van der Waals surface area contributed by atoms with Crippen LogP contribution < -0.4 is 0 Å². The first-order valence-corrected chi connectivity index (χ1v) is 5.83. The molecule has 0 spiro atoms. The summed E-state index contributed by atoms with van der Waals surface area (Å²) >= 11 is 11.9. The maximum atomic E-state index is 9.60. The van der Waals surface area contributed by atoms with Crippen LogP contribution in [0.15, 0.2) is 42.5 Å². The van der Waals surface area contributed by atoms with Crippen LogP contribution in [0.1, 0.15) is 11.1 Å². The van der Waals surface area contributed by atoms with Crippen LogP contribution in [-0.2, 0) is 0 Å². The Bertz CT molecular complexity index is 562. The third kappa shape index (κ3) is 3.02. The van der Waals surface area contributed by atoms with Crippen LogP contribution in [-0.4, -0.2) is 5.11 Å². The third-order valence-corrected chi connectivity index (χ3v) is 2.92. The van der Waals surface area contributed by atoms with Crippen LogP contribution in [0.25, 0.3) is 12.2 Å². The molecular weight excluding hydrogens is 255 g/mol. The number of phenolic OH excluding ortho intramolecular Hbond substituents is 1. The molecule has 2 aromatic rings. The zero-order chi connectivity index (χ0) is 12.3. The standard InChI is InChI=1S/C14H10Cl2O/c15-12-7-8-13(16)11(9-12)6-5-10-3-1-2-4-14(10)17/h1-9,17H/b6-5+. The lowest BCUT2D eigenvalue weighted by molar-refractivity contribution is 0.474. The lowest BCUT2D eigenvalue weighted by Crippen LogP contribution is -1.76. The van der Waals surface area contributed by atoms with Gasteiger partial charge in [0.1, 0.15) is 5.75 Å². The summed E-state index contributed by atoms with van der Waals surface area (Å²) in [5, 5.41) is 10.9. The molecule has 0 aliphatic rings. The van der Waals surface area contributed by atoms with E-state index in [1.807, 2.05) is 18.2 Å². The number of aromatic hydroxyl groups is 1. The van der Waals surface area contributed by atoms with Gasteiger partial charge in [-0.05, 0) is 29.8 Å². The maximum absolute atomic E-state index is 9.60. The molecule has 0 saturated carbocycles. The minimum Gasteiger partial charge on any atom is -0.507 e. The first-order chi connectivity index (χ1) is 8.16. The second kappa shape index (κ2) is 5.26. The molecule has 0 heterocycles. The lowest BCUT2D eigenvalue weighted by atomic mass is 10.1. The van der Waals surface area contributed by atoms with Gasteiger partial charge in [-0.15, -0.1) is 0 Å². The number of phenols is 1. The van der Waals surface area contributed by atoms with E-state index in [2.05, 4.69) is 0 Å². The molecule has 0 atom stereocenters. The summed E-state index contributed by atoms with van der Waals surface area (Å²) in [6, 6.07) is 12.4. The number of hydrogen-bond acceptors (Lipinski definition) is 1. The van der Waals surface area contributed by atoms with Crippen LogP contribution in [0, 0.1) is 0 Å². The quantitative estimate of drug-likeness (QED) is 0.768. The normalized spacial score (nSPS) is 10.9. The highest BCUT2D eigenvalue weighted by molar-refractivity contribution is 6.34. The van der Waals surface area contributed by atoms with Crippen LogP contribution in [0.5, 0.6) is 5.75 Å². The molecule has 0 radical (unpaired) electrons. The topological polar surface area (TPSA) is 20.2 Å². The van der Waals surface area contributed by atoms with Crippen LogP contribution in [0.2, 0.25) is 10.0 Å². The first kappa shape index (κ1) is 12.0. The molecule has 0 amide bonds. The molecule has 0 saturated heterocycles. The van der Waals surface area contributed by atoms with E-state index < -0.39 is 0 Å². The fourth-order valence-electron chi connectivity index (χ4n) is 1.45. The Morgan fingerprint density at radius 3 is 2.35 bits per heavy atom. The predicted molar refractivity (Wildman–Crippen MR) is 73.5 cm³/mol. The molecule has 3 heteroatoms. The third-order valence-electron chi connectivity index (χ3n) is 2.34. The molecule has 1 N–H and O–H groups in total. The molecule has 0 bridgehead atoms. The van der Waals surface area contributed by atoms with Gasteiger partial charge in [-0.3, -0.25) is 0 Å². The Kier molecular flexibility index (Phi) is 3.72. The van der Waals surface area contributed by atoms with Crippen molar-refractivity contribution in [3.8, 4) is 5.75 Å². The lowest BCUT2D eigenvalue weighted by Gasteiger charge is -2.00. The molecule has 0 fully saturated rings. The largest absolute Gasteiger partial charge is 0.507 e. The van der Waals surface area contributed by atoms with Crippen molar-refractivity contribution in [1.29, 1.82) is 0 Å². The van der Waals surface area contributed by atoms with E-state index in [0.29, 0.717) is 10.0 Å². The average Bonchev–Trinajstić information content (AvgIpc) is 2.32. The number of hydrogen-bond donors (Lipinski definition) is 1. The Morgan fingerprint density at radius 1 is 0.882 bits per heavy atom. The SMILES string of the molecule is Oc1ccccc1/C=C/c1cc(Cl)ccc1Cl. The summed E-state index contributed by atoms with van der Waals surface area (Å²) < 4.78 is 0. The van der Waals surface area contributed by atoms with Crippen molar-refractivity contribution in [1.82, 2.24) is 0 Å². The Labute approximate surface area is 110 Å². The Hall–Kier alpha value is -1.44. The van der Waals surface area contributed by atoms with E-state index >= 15 is 0 Å². The van der Waals surface area contributed by atoms with Gasteiger partial charge in [0.05, 0.1) is 0 Å². The molecule has 2 aromatic carbocycles. The molecule has 0 aromatic heterocycles. The number of halogens is 2. The van der Waals surface area contributed by atoms with Gasteiger partial charge in [-0.1, -0.05) is 53.6 Å².